The Balaban J connectivity index is 0. The first-order valence-electron chi connectivity index (χ1n) is 6.30. The summed E-state index contributed by atoms with van der Waals surface area (Å²) in [4.78, 5) is 21.5. The van der Waals surface area contributed by atoms with Crippen LogP contribution in [-0.4, -0.2) is 49.4 Å². The highest BCUT2D eigenvalue weighted by Gasteiger charge is 2.06. The number of ether oxygens (including phenoxy) is 1. The quantitative estimate of drug-likeness (QED) is 0.735. The summed E-state index contributed by atoms with van der Waals surface area (Å²) in [6.07, 6.45) is 3.31. The fourth-order valence-corrected chi connectivity index (χ4v) is 0.847. The molecule has 0 aliphatic carbocycles. The fourth-order valence-electron chi connectivity index (χ4n) is 0.847. The highest BCUT2D eigenvalue weighted by molar-refractivity contribution is 5.76. The summed E-state index contributed by atoms with van der Waals surface area (Å²) >= 11 is 0. The van der Waals surface area contributed by atoms with E-state index in [0.29, 0.717) is 6.54 Å². The maximum Gasteiger partial charge on any atom is 0.209 e. The van der Waals surface area contributed by atoms with Crippen LogP contribution >= 0.6 is 0 Å². The minimum atomic E-state index is 0.0417. The Morgan fingerprint density at radius 2 is 1.67 bits per heavy atom. The molecule has 1 aliphatic heterocycles. The third kappa shape index (κ3) is 17.5. The van der Waals surface area contributed by atoms with Crippen LogP contribution in [0.5, 0.6) is 0 Å². The Morgan fingerprint density at radius 1 is 1.33 bits per heavy atom. The summed E-state index contributed by atoms with van der Waals surface area (Å²) in [5.74, 6) is 0.144. The molecule has 108 valence electrons. The molecule has 0 aromatic heterocycles. The molecule has 0 atom stereocenters. The van der Waals surface area contributed by atoms with Crippen molar-refractivity contribution in [2.24, 2.45) is 0 Å². The number of carbonyl (C=O) groups is 2. The van der Waals surface area contributed by atoms with Crippen LogP contribution in [0.4, 0.5) is 0 Å². The predicted octanol–water partition coefficient (Wildman–Crippen LogP) is 0.487. The second-order valence-electron chi connectivity index (χ2n) is 5.12. The molecule has 18 heavy (non-hydrogen) atoms. The molecule has 3 N–H and O–H groups in total. The number of hydrogen-bond acceptors (Lipinski definition) is 3. The molecule has 0 saturated carbocycles. The van der Waals surface area contributed by atoms with Crippen molar-refractivity contribution in [1.29, 1.82) is 0 Å². The van der Waals surface area contributed by atoms with Crippen molar-refractivity contribution >= 4 is 12.2 Å². The van der Waals surface area contributed by atoms with E-state index in [1.165, 1.54) is 19.8 Å². The van der Waals surface area contributed by atoms with Crippen LogP contribution in [0.1, 0.15) is 40.5 Å². The Hall–Kier alpha value is -0.940. The zero-order chi connectivity index (χ0) is 14.6. The molecule has 0 aromatic rings. The molecule has 1 fully saturated rings. The summed E-state index contributed by atoms with van der Waals surface area (Å²) in [6, 6.07) is 0. The van der Waals surface area contributed by atoms with Gasteiger partial charge in [0.15, 0.2) is 5.78 Å². The number of ketones is 1. The van der Waals surface area contributed by atoms with Gasteiger partial charge in [-0.2, -0.15) is 0 Å². The molecule has 1 heterocycles. The van der Waals surface area contributed by atoms with Gasteiger partial charge in [-0.15, -0.1) is 0 Å². The van der Waals surface area contributed by atoms with Crippen molar-refractivity contribution in [3.05, 3.63) is 0 Å². The number of carbonyl (C=O) groups excluding carboxylic acids is 2. The van der Waals surface area contributed by atoms with Gasteiger partial charge in [0.1, 0.15) is 6.54 Å². The first-order chi connectivity index (χ1) is 8.26. The monoisotopic (exact) mass is 261 g/mol. The molecule has 1 rings (SSSR count). The average Bonchev–Trinajstić information content (AvgIpc) is 2.82. The molecule has 1 amide bonds. The van der Waals surface area contributed by atoms with E-state index >= 15 is 0 Å². The third-order valence-electron chi connectivity index (χ3n) is 2.25. The van der Waals surface area contributed by atoms with Gasteiger partial charge in [-0.25, -0.2) is 0 Å². The van der Waals surface area contributed by atoms with Crippen molar-refractivity contribution in [2.75, 3.05) is 26.7 Å². The lowest BCUT2D eigenvalue weighted by atomic mass is 10.2. The van der Waals surface area contributed by atoms with E-state index in [1.807, 2.05) is 20.8 Å². The molecule has 5 nitrogen and oxygen atoms in total. The molecular weight excluding hydrogens is 232 g/mol. The summed E-state index contributed by atoms with van der Waals surface area (Å²) < 4.78 is 4.94. The minimum Gasteiger partial charge on any atom is -0.379 e. The standard InChI is InChI=1S/C5H9NO.C5H12O.C3H7NO/c7-5-6-3-1-2-4-6;1-5(2,3)6-4;1-3(5)2-4/h5H,1-4H2;1-4H3;2,4H2,1H3/p+1. The van der Waals surface area contributed by atoms with Gasteiger partial charge in [0, 0.05) is 27.1 Å². The molecular formula is C13H29N2O3+. The van der Waals surface area contributed by atoms with E-state index in [1.54, 1.807) is 12.0 Å². The largest absolute Gasteiger partial charge is 0.379 e. The summed E-state index contributed by atoms with van der Waals surface area (Å²) in [5.41, 5.74) is 3.38. The number of quaternary nitrogens is 1. The fraction of sp³-hybridized carbons (Fsp3) is 0.846. The molecule has 5 heteroatoms. The van der Waals surface area contributed by atoms with E-state index < -0.39 is 0 Å². The molecule has 0 radical (unpaired) electrons. The number of nitrogens with zero attached hydrogens (tertiary/aromatic N) is 1. The zero-order valence-corrected chi connectivity index (χ0v) is 12.5. The minimum absolute atomic E-state index is 0.0417. The SMILES string of the molecule is CC(=O)C[NH3+].COC(C)(C)C.O=CN1CCCC1. The summed E-state index contributed by atoms with van der Waals surface area (Å²) in [5, 5.41) is 0. The van der Waals surface area contributed by atoms with Gasteiger partial charge in [0.05, 0.1) is 5.60 Å². The van der Waals surface area contributed by atoms with Crippen LogP contribution in [0.2, 0.25) is 0 Å². The lowest BCUT2D eigenvalue weighted by molar-refractivity contribution is -0.354. The van der Waals surface area contributed by atoms with Crippen LogP contribution in [0.25, 0.3) is 0 Å². The second kappa shape index (κ2) is 11.2. The van der Waals surface area contributed by atoms with Gasteiger partial charge in [0.2, 0.25) is 6.41 Å². The molecule has 0 aromatic carbocycles. The van der Waals surface area contributed by atoms with Crippen LogP contribution in [0.15, 0.2) is 0 Å². The van der Waals surface area contributed by atoms with Crippen LogP contribution in [-0.2, 0) is 14.3 Å². The Labute approximate surface area is 111 Å². The van der Waals surface area contributed by atoms with Gasteiger partial charge in [-0.1, -0.05) is 0 Å². The Kier molecular flexibility index (Phi) is 12.0. The molecule has 0 spiro atoms. The summed E-state index contributed by atoms with van der Waals surface area (Å²) in [7, 11) is 1.71. The third-order valence-corrected chi connectivity index (χ3v) is 2.25. The lowest BCUT2D eigenvalue weighted by Gasteiger charge is -2.14. The first kappa shape index (κ1) is 19.4. The molecule has 0 unspecified atom stereocenters. The van der Waals surface area contributed by atoms with E-state index in [2.05, 4.69) is 5.73 Å². The van der Waals surface area contributed by atoms with Crippen LogP contribution in [0, 0.1) is 0 Å². The predicted molar refractivity (Wildman–Crippen MR) is 72.1 cm³/mol. The Bertz CT molecular complexity index is 219. The maximum atomic E-state index is 9.93. The number of Topliss-reactive ketones (excluding diaryl/α,β-unsaturated/α-hetero) is 1. The maximum absolute atomic E-state index is 9.93. The van der Waals surface area contributed by atoms with Crippen molar-refractivity contribution in [3.8, 4) is 0 Å². The van der Waals surface area contributed by atoms with Crippen molar-refractivity contribution in [3.63, 3.8) is 0 Å². The highest BCUT2D eigenvalue weighted by Crippen LogP contribution is 2.03. The zero-order valence-electron chi connectivity index (χ0n) is 12.5. The van der Waals surface area contributed by atoms with Crippen LogP contribution in [0.3, 0.4) is 0 Å². The normalized spacial score (nSPS) is 14.0. The van der Waals surface area contributed by atoms with Crippen molar-refractivity contribution in [2.45, 2.75) is 46.1 Å². The van der Waals surface area contributed by atoms with Crippen molar-refractivity contribution in [1.82, 2.24) is 4.90 Å². The molecule has 0 bridgehead atoms. The molecule has 1 aliphatic rings. The van der Waals surface area contributed by atoms with Gasteiger partial charge in [0.25, 0.3) is 0 Å². The number of amides is 1. The van der Waals surface area contributed by atoms with Gasteiger partial charge < -0.3 is 15.4 Å². The number of likely N-dealkylation sites (tertiary alicyclic amines) is 1. The van der Waals surface area contributed by atoms with Gasteiger partial charge in [-0.3, -0.25) is 9.59 Å². The number of hydrogen-bond donors (Lipinski definition) is 1. The van der Waals surface area contributed by atoms with E-state index in [4.69, 9.17) is 4.74 Å². The number of rotatable bonds is 2. The topological polar surface area (TPSA) is 74.2 Å². The Morgan fingerprint density at radius 3 is 1.78 bits per heavy atom. The lowest BCUT2D eigenvalue weighted by Crippen LogP contribution is -2.53. The van der Waals surface area contributed by atoms with Gasteiger partial charge >= 0.3 is 0 Å². The van der Waals surface area contributed by atoms with E-state index in [0.717, 1.165) is 19.5 Å². The van der Waals surface area contributed by atoms with Crippen LogP contribution < -0.4 is 5.73 Å². The average molecular weight is 261 g/mol. The first-order valence-corrected chi connectivity index (χ1v) is 6.30. The highest BCUT2D eigenvalue weighted by atomic mass is 16.5. The molecule has 1 saturated heterocycles. The van der Waals surface area contributed by atoms with Crippen molar-refractivity contribution < 1.29 is 20.1 Å². The number of methoxy groups -OCH3 is 1. The smallest absolute Gasteiger partial charge is 0.209 e. The van der Waals surface area contributed by atoms with E-state index in [-0.39, 0.29) is 11.4 Å². The summed E-state index contributed by atoms with van der Waals surface area (Å²) in [6.45, 7) is 9.95. The van der Waals surface area contributed by atoms with Gasteiger partial charge in [-0.05, 0) is 33.6 Å². The van der Waals surface area contributed by atoms with E-state index in [9.17, 15) is 9.59 Å². The second-order valence-corrected chi connectivity index (χ2v) is 5.12.